The number of hydrogen-bond acceptors (Lipinski definition) is 4. The normalized spacial score (nSPS) is 13.1. The van der Waals surface area contributed by atoms with Gasteiger partial charge in [0.1, 0.15) is 0 Å². The number of hydrogen-bond donors (Lipinski definition) is 0. The smallest absolute Gasteiger partial charge is 0.0991 e. The summed E-state index contributed by atoms with van der Waals surface area (Å²) in [5.41, 5.74) is 21.2. The topological polar surface area (TPSA) is 64.4 Å². The van der Waals surface area contributed by atoms with Crippen LogP contribution in [0, 0.1) is 11.3 Å². The number of para-hydroxylation sites is 4. The van der Waals surface area contributed by atoms with Gasteiger partial charge in [-0.3, -0.25) is 9.97 Å². The first-order valence-electron chi connectivity index (χ1n) is 26.7. The Bertz CT molecular complexity index is 5030. The highest BCUT2D eigenvalue weighted by Crippen LogP contribution is 2.63. The summed E-state index contributed by atoms with van der Waals surface area (Å²) in [6.45, 7) is 0. The molecule has 7 heteroatoms. The van der Waals surface area contributed by atoms with Crippen LogP contribution in [0.3, 0.4) is 0 Å². The van der Waals surface area contributed by atoms with Gasteiger partial charge in [-0.1, -0.05) is 133 Å². The summed E-state index contributed by atoms with van der Waals surface area (Å²) in [4.78, 5) is 12.6. The molecule has 1 aliphatic carbocycles. The van der Waals surface area contributed by atoms with E-state index in [0.717, 1.165) is 89.2 Å². The van der Waals surface area contributed by atoms with Crippen LogP contribution >= 0.6 is 11.8 Å². The van der Waals surface area contributed by atoms with Gasteiger partial charge in [0.2, 0.25) is 0 Å². The fourth-order valence-electron chi connectivity index (χ4n) is 13.5. The minimum absolute atomic E-state index is 0.640. The Morgan fingerprint density at radius 1 is 0.354 bits per heavy atom. The van der Waals surface area contributed by atoms with Crippen LogP contribution in [-0.4, -0.2) is 23.7 Å². The van der Waals surface area contributed by atoms with Crippen molar-refractivity contribution in [3.05, 3.63) is 283 Å². The molecule has 6 nitrogen and oxygen atoms in total. The zero-order valence-corrected chi connectivity index (χ0v) is 43.2. The SMILES string of the molecule is N#Cc1ccc2c(c1)c1cc(-c3cccc4c3Sc3ccc(-c5ccc6c(c5)c5ccccc5n6-c5ccc(-n6c7ccccc7c7ccccc76)cc5)cc3C43c4cccnc4-c4ncccc43)ccc1n2-c1ccccc1. The molecule has 6 heterocycles. The van der Waals surface area contributed by atoms with Crippen molar-refractivity contribution in [3.63, 3.8) is 0 Å². The lowest BCUT2D eigenvalue weighted by Crippen LogP contribution is -2.32. The van der Waals surface area contributed by atoms with E-state index >= 15 is 0 Å². The molecule has 1 aliphatic heterocycles. The second kappa shape index (κ2) is 16.6. The maximum Gasteiger partial charge on any atom is 0.0991 e. The monoisotopic (exact) mass is 1020 g/mol. The summed E-state index contributed by atoms with van der Waals surface area (Å²) in [7, 11) is 0. The molecule has 79 heavy (non-hydrogen) atoms. The fraction of sp³-hybridized carbons (Fsp3) is 0.0139. The molecule has 366 valence electrons. The second-order valence-corrected chi connectivity index (χ2v) is 21.8. The van der Waals surface area contributed by atoms with Crippen LogP contribution in [0.15, 0.2) is 265 Å². The Morgan fingerprint density at radius 3 is 1.44 bits per heavy atom. The predicted molar refractivity (Wildman–Crippen MR) is 322 cm³/mol. The Kier molecular flexibility index (Phi) is 9.24. The van der Waals surface area contributed by atoms with Crippen molar-refractivity contribution in [3.8, 4) is 56.8 Å². The van der Waals surface area contributed by atoms with Crippen LogP contribution in [0.4, 0.5) is 0 Å². The largest absolute Gasteiger partial charge is 0.309 e. The van der Waals surface area contributed by atoms with Crippen molar-refractivity contribution in [2.75, 3.05) is 0 Å². The average Bonchev–Trinajstić information content (AvgIpc) is 4.43. The Balaban J connectivity index is 0.824. The summed E-state index contributed by atoms with van der Waals surface area (Å²) in [6, 6.07) is 90.5. The molecule has 10 aromatic carbocycles. The van der Waals surface area contributed by atoms with Gasteiger partial charge in [-0.15, -0.1) is 0 Å². The third kappa shape index (κ3) is 6.12. The van der Waals surface area contributed by atoms with Crippen molar-refractivity contribution >= 4 is 77.2 Å². The van der Waals surface area contributed by atoms with E-state index in [1.54, 1.807) is 0 Å². The third-order valence-electron chi connectivity index (χ3n) is 16.8. The van der Waals surface area contributed by atoms with Gasteiger partial charge < -0.3 is 13.7 Å². The number of benzene rings is 10. The lowest BCUT2D eigenvalue weighted by atomic mass is 9.67. The first kappa shape index (κ1) is 43.9. The lowest BCUT2D eigenvalue weighted by molar-refractivity contribution is 0.720. The Morgan fingerprint density at radius 2 is 0.823 bits per heavy atom. The third-order valence-corrected chi connectivity index (χ3v) is 18.1. The van der Waals surface area contributed by atoms with Crippen molar-refractivity contribution in [1.82, 2.24) is 23.7 Å². The number of nitrogens with zero attached hydrogens (tertiary/aromatic N) is 6. The minimum Gasteiger partial charge on any atom is -0.309 e. The van der Waals surface area contributed by atoms with Gasteiger partial charge in [-0.05, 0) is 166 Å². The summed E-state index contributed by atoms with van der Waals surface area (Å²) < 4.78 is 7.09. The molecule has 0 unspecified atom stereocenters. The molecule has 0 saturated heterocycles. The highest BCUT2D eigenvalue weighted by molar-refractivity contribution is 7.99. The summed E-state index contributed by atoms with van der Waals surface area (Å²) in [6.07, 6.45) is 3.79. The van der Waals surface area contributed by atoms with Gasteiger partial charge in [0.05, 0.1) is 61.5 Å². The van der Waals surface area contributed by atoms with Gasteiger partial charge >= 0.3 is 0 Å². The van der Waals surface area contributed by atoms with E-state index in [0.29, 0.717) is 5.56 Å². The molecule has 0 radical (unpaired) electrons. The van der Waals surface area contributed by atoms with Gasteiger partial charge in [0.25, 0.3) is 0 Å². The quantitative estimate of drug-likeness (QED) is 0.172. The molecule has 5 aromatic heterocycles. The maximum atomic E-state index is 10.1. The summed E-state index contributed by atoms with van der Waals surface area (Å²) >= 11 is 1.85. The Hall–Kier alpha value is -10.3. The zero-order valence-electron chi connectivity index (χ0n) is 42.3. The number of nitriles is 1. The molecule has 0 N–H and O–H groups in total. The molecule has 0 amide bonds. The molecule has 0 fully saturated rings. The molecule has 15 aromatic rings. The van der Waals surface area contributed by atoms with Crippen LogP contribution in [0.2, 0.25) is 0 Å². The number of rotatable bonds is 5. The Labute approximate surface area is 458 Å². The van der Waals surface area contributed by atoms with Crippen molar-refractivity contribution < 1.29 is 0 Å². The van der Waals surface area contributed by atoms with Crippen LogP contribution < -0.4 is 0 Å². The van der Waals surface area contributed by atoms with E-state index in [2.05, 4.69) is 244 Å². The first-order chi connectivity index (χ1) is 39.1. The molecule has 17 rings (SSSR count). The maximum absolute atomic E-state index is 10.1. The van der Waals surface area contributed by atoms with Gasteiger partial charge in [0, 0.05) is 71.6 Å². The van der Waals surface area contributed by atoms with Gasteiger partial charge in [-0.2, -0.15) is 5.26 Å². The van der Waals surface area contributed by atoms with E-state index in [4.69, 9.17) is 9.97 Å². The van der Waals surface area contributed by atoms with Crippen LogP contribution in [0.5, 0.6) is 0 Å². The van der Waals surface area contributed by atoms with Crippen LogP contribution in [0.25, 0.3) is 116 Å². The van der Waals surface area contributed by atoms with Gasteiger partial charge in [0.15, 0.2) is 0 Å². The number of aromatic nitrogens is 5. The van der Waals surface area contributed by atoms with E-state index in [1.807, 2.05) is 42.4 Å². The van der Waals surface area contributed by atoms with E-state index < -0.39 is 5.41 Å². The summed E-state index contributed by atoms with van der Waals surface area (Å²) in [5.74, 6) is 0. The van der Waals surface area contributed by atoms with Crippen molar-refractivity contribution in [2.24, 2.45) is 0 Å². The van der Waals surface area contributed by atoms with E-state index in [9.17, 15) is 5.26 Å². The summed E-state index contributed by atoms with van der Waals surface area (Å²) in [5, 5.41) is 17.2. The fourth-order valence-corrected chi connectivity index (χ4v) is 14.8. The minimum atomic E-state index is -0.713. The highest BCUT2D eigenvalue weighted by Gasteiger charge is 2.52. The molecule has 0 atom stereocenters. The molecule has 1 spiro atoms. The van der Waals surface area contributed by atoms with E-state index in [1.165, 1.54) is 59.0 Å². The molecular weight excluding hydrogens is 981 g/mol. The molecule has 0 saturated carbocycles. The lowest BCUT2D eigenvalue weighted by Gasteiger charge is -2.40. The van der Waals surface area contributed by atoms with Crippen molar-refractivity contribution in [2.45, 2.75) is 15.2 Å². The number of pyridine rings is 2. The zero-order chi connectivity index (χ0) is 51.9. The first-order valence-corrected chi connectivity index (χ1v) is 27.5. The van der Waals surface area contributed by atoms with Gasteiger partial charge in [-0.25, -0.2) is 0 Å². The molecular formula is C72H42N6S. The second-order valence-electron chi connectivity index (χ2n) is 20.8. The average molecular weight is 1020 g/mol. The van der Waals surface area contributed by atoms with E-state index in [-0.39, 0.29) is 0 Å². The predicted octanol–water partition coefficient (Wildman–Crippen LogP) is 17.8. The van der Waals surface area contributed by atoms with Crippen molar-refractivity contribution in [1.29, 1.82) is 5.26 Å². The molecule has 2 aliphatic rings. The van der Waals surface area contributed by atoms with Crippen LogP contribution in [0.1, 0.15) is 27.8 Å². The highest BCUT2D eigenvalue weighted by atomic mass is 32.2. The molecule has 0 bridgehead atoms. The number of fused-ring (bicyclic) bond motifs is 18. The van der Waals surface area contributed by atoms with Crippen LogP contribution in [-0.2, 0) is 5.41 Å². The standard InChI is InChI=1S/C72H42N6S/c73-43-44-25-33-65-55(39-44)57-41-47(27-35-67(57)76(65)48-13-2-1-3-14-48)51-18-10-19-60-71(51)79-68-36-28-46(42-61(68)72(60)58-20-11-37-74-69(58)70-59(72)21-12-38-75-70)45-26-34-66-56(40-45)54-17-6-9-24-64(54)78(66)50-31-29-49(30-32-50)77-62-22-7-4-15-52(62)53-16-5-8-23-63(53)77/h1-42H.